The Kier molecular flexibility index (Phi) is 4.57. The zero-order valence-electron chi connectivity index (χ0n) is 13.9. The lowest BCUT2D eigenvalue weighted by Gasteiger charge is -2.04. The van der Waals surface area contributed by atoms with E-state index in [1.807, 2.05) is 55.5 Å². The number of hydrazone groups is 1. The van der Waals surface area contributed by atoms with Crippen LogP contribution < -0.4 is 10.2 Å². The van der Waals surface area contributed by atoms with Crippen molar-refractivity contribution in [1.82, 2.24) is 15.3 Å². The fraction of sp³-hybridized carbons (Fsp3) is 0.111. The maximum Gasteiger partial charge on any atom is 0.204 e. The molecule has 0 bridgehead atoms. The molecule has 0 amide bonds. The third-order valence-electron chi connectivity index (χ3n) is 3.67. The second-order valence-electron chi connectivity index (χ2n) is 5.51. The first-order valence-electron chi connectivity index (χ1n) is 7.93. The van der Waals surface area contributed by atoms with E-state index in [0.717, 1.165) is 32.4 Å². The van der Waals surface area contributed by atoms with Crippen LogP contribution in [0.25, 0.3) is 10.2 Å². The quantitative estimate of drug-likeness (QED) is 0.410. The number of hydrogen-bond acceptors (Lipinski definition) is 8. The van der Waals surface area contributed by atoms with Gasteiger partial charge in [-0.1, -0.05) is 33.8 Å². The number of ether oxygens (including phenoxy) is 1. The molecule has 0 unspecified atom stereocenters. The van der Waals surface area contributed by atoms with Gasteiger partial charge in [-0.3, -0.25) is 5.43 Å². The standard InChI is InChI=1S/C18H15N5O2S/c1-12-16(23-25-22-12)11-24-14-8-6-13(7-9-14)10-19-21-18-20-15-4-2-3-5-17(15)26-18/h2-10H,11H2,1H3,(H,20,21)/b19-10+. The molecule has 0 saturated heterocycles. The summed E-state index contributed by atoms with van der Waals surface area (Å²) in [6.07, 6.45) is 1.74. The number of rotatable bonds is 6. The van der Waals surface area contributed by atoms with Crippen molar-refractivity contribution in [2.24, 2.45) is 5.10 Å². The number of aromatic nitrogens is 3. The molecule has 0 aliphatic carbocycles. The van der Waals surface area contributed by atoms with Gasteiger partial charge in [0.15, 0.2) is 0 Å². The molecule has 7 nitrogen and oxygen atoms in total. The maximum absolute atomic E-state index is 5.66. The van der Waals surface area contributed by atoms with Crippen LogP contribution in [0.1, 0.15) is 17.0 Å². The Morgan fingerprint density at radius 2 is 2.00 bits per heavy atom. The van der Waals surface area contributed by atoms with E-state index in [4.69, 9.17) is 4.74 Å². The fourth-order valence-corrected chi connectivity index (χ4v) is 3.08. The molecule has 0 saturated carbocycles. The molecule has 26 heavy (non-hydrogen) atoms. The van der Waals surface area contributed by atoms with Crippen LogP contribution in [0.3, 0.4) is 0 Å². The van der Waals surface area contributed by atoms with Gasteiger partial charge in [-0.2, -0.15) is 5.10 Å². The summed E-state index contributed by atoms with van der Waals surface area (Å²) >= 11 is 1.57. The molecule has 0 radical (unpaired) electrons. The van der Waals surface area contributed by atoms with Gasteiger partial charge >= 0.3 is 0 Å². The number of nitrogens with zero attached hydrogens (tertiary/aromatic N) is 4. The van der Waals surface area contributed by atoms with Gasteiger partial charge in [0.1, 0.15) is 23.7 Å². The number of nitrogens with one attached hydrogen (secondary N) is 1. The Balaban J connectivity index is 1.34. The van der Waals surface area contributed by atoms with Crippen molar-refractivity contribution in [3.05, 3.63) is 65.5 Å². The molecule has 2 aromatic carbocycles. The van der Waals surface area contributed by atoms with E-state index < -0.39 is 0 Å². The van der Waals surface area contributed by atoms with Crippen molar-refractivity contribution in [1.29, 1.82) is 0 Å². The smallest absolute Gasteiger partial charge is 0.204 e. The first-order valence-corrected chi connectivity index (χ1v) is 8.75. The Morgan fingerprint density at radius 3 is 2.77 bits per heavy atom. The summed E-state index contributed by atoms with van der Waals surface area (Å²) in [5, 5.41) is 12.5. The van der Waals surface area contributed by atoms with E-state index in [0.29, 0.717) is 12.3 Å². The molecule has 2 heterocycles. The van der Waals surface area contributed by atoms with Gasteiger partial charge in [0.2, 0.25) is 5.13 Å². The molecule has 130 valence electrons. The highest BCUT2D eigenvalue weighted by Crippen LogP contribution is 2.25. The summed E-state index contributed by atoms with van der Waals surface area (Å²) in [4.78, 5) is 4.47. The molecule has 0 atom stereocenters. The van der Waals surface area contributed by atoms with Gasteiger partial charge < -0.3 is 4.74 Å². The van der Waals surface area contributed by atoms with Crippen molar-refractivity contribution in [3.8, 4) is 5.75 Å². The Labute approximate surface area is 153 Å². The summed E-state index contributed by atoms with van der Waals surface area (Å²) in [5.74, 6) is 0.740. The highest BCUT2D eigenvalue weighted by atomic mass is 32.1. The Bertz CT molecular complexity index is 1010. The molecule has 0 spiro atoms. The van der Waals surface area contributed by atoms with E-state index in [2.05, 4.69) is 30.5 Å². The second-order valence-corrected chi connectivity index (χ2v) is 6.54. The number of aryl methyl sites for hydroxylation is 1. The number of para-hydroxylation sites is 1. The summed E-state index contributed by atoms with van der Waals surface area (Å²) in [6, 6.07) is 15.6. The Hall–Kier alpha value is -3.26. The van der Waals surface area contributed by atoms with Crippen LogP contribution in [0.5, 0.6) is 5.75 Å². The zero-order chi connectivity index (χ0) is 17.8. The van der Waals surface area contributed by atoms with E-state index in [-0.39, 0.29) is 0 Å². The molecular formula is C18H15N5O2S. The lowest BCUT2D eigenvalue weighted by molar-refractivity contribution is 0.270. The van der Waals surface area contributed by atoms with Crippen LogP contribution in [0.4, 0.5) is 5.13 Å². The number of benzene rings is 2. The number of hydrogen-bond donors (Lipinski definition) is 1. The van der Waals surface area contributed by atoms with E-state index in [1.54, 1.807) is 17.6 Å². The van der Waals surface area contributed by atoms with Crippen molar-refractivity contribution in [2.75, 3.05) is 5.43 Å². The number of anilines is 1. The minimum absolute atomic E-state index is 0.321. The first kappa shape index (κ1) is 16.2. The lowest BCUT2D eigenvalue weighted by Crippen LogP contribution is -1.98. The monoisotopic (exact) mass is 365 g/mol. The third kappa shape index (κ3) is 3.70. The number of thiazole rings is 1. The zero-order valence-corrected chi connectivity index (χ0v) is 14.7. The highest BCUT2D eigenvalue weighted by molar-refractivity contribution is 7.22. The summed E-state index contributed by atoms with van der Waals surface area (Å²) in [5.41, 5.74) is 6.30. The minimum Gasteiger partial charge on any atom is -0.487 e. The predicted octanol–water partition coefficient (Wildman–Crippen LogP) is 4.01. The van der Waals surface area contributed by atoms with Crippen LogP contribution in [0.2, 0.25) is 0 Å². The van der Waals surface area contributed by atoms with Gasteiger partial charge in [-0.05, 0) is 48.9 Å². The SMILES string of the molecule is Cc1nonc1COc1ccc(/C=N/Nc2nc3ccccc3s2)cc1. The molecule has 0 aliphatic heterocycles. The summed E-state index contributed by atoms with van der Waals surface area (Å²) in [6.45, 7) is 2.15. The predicted molar refractivity (Wildman–Crippen MR) is 101 cm³/mol. The first-order chi connectivity index (χ1) is 12.8. The van der Waals surface area contributed by atoms with E-state index in [1.165, 1.54) is 0 Å². The van der Waals surface area contributed by atoms with Gasteiger partial charge in [-0.15, -0.1) is 0 Å². The topological polar surface area (TPSA) is 85.4 Å². The van der Waals surface area contributed by atoms with Gasteiger partial charge in [0, 0.05) is 0 Å². The van der Waals surface area contributed by atoms with Crippen LogP contribution in [0, 0.1) is 6.92 Å². The average Bonchev–Trinajstić information content (AvgIpc) is 3.26. The van der Waals surface area contributed by atoms with Crippen molar-refractivity contribution in [2.45, 2.75) is 13.5 Å². The second kappa shape index (κ2) is 7.32. The lowest BCUT2D eigenvalue weighted by atomic mass is 10.2. The van der Waals surface area contributed by atoms with Crippen LogP contribution >= 0.6 is 11.3 Å². The van der Waals surface area contributed by atoms with Crippen LogP contribution in [-0.2, 0) is 6.61 Å². The molecule has 2 aromatic heterocycles. The highest BCUT2D eigenvalue weighted by Gasteiger charge is 2.05. The summed E-state index contributed by atoms with van der Waals surface area (Å²) < 4.78 is 11.4. The van der Waals surface area contributed by atoms with Crippen molar-refractivity contribution < 1.29 is 9.37 Å². The molecule has 4 aromatic rings. The average molecular weight is 365 g/mol. The van der Waals surface area contributed by atoms with E-state index >= 15 is 0 Å². The minimum atomic E-state index is 0.321. The van der Waals surface area contributed by atoms with Crippen LogP contribution in [0.15, 0.2) is 58.3 Å². The molecule has 4 rings (SSSR count). The van der Waals surface area contributed by atoms with Crippen LogP contribution in [-0.4, -0.2) is 21.5 Å². The molecular weight excluding hydrogens is 350 g/mol. The summed E-state index contributed by atoms with van der Waals surface area (Å²) in [7, 11) is 0. The van der Waals surface area contributed by atoms with Gasteiger partial charge in [0.05, 0.1) is 16.4 Å². The third-order valence-corrected chi connectivity index (χ3v) is 4.61. The Morgan fingerprint density at radius 1 is 1.15 bits per heavy atom. The molecule has 8 heteroatoms. The number of fused-ring (bicyclic) bond motifs is 1. The molecule has 0 aliphatic rings. The van der Waals surface area contributed by atoms with Gasteiger partial charge in [-0.25, -0.2) is 9.61 Å². The maximum atomic E-state index is 5.66. The van der Waals surface area contributed by atoms with Crippen molar-refractivity contribution >= 4 is 32.9 Å². The molecule has 1 N–H and O–H groups in total. The van der Waals surface area contributed by atoms with Crippen molar-refractivity contribution in [3.63, 3.8) is 0 Å². The largest absolute Gasteiger partial charge is 0.487 e. The molecule has 0 fully saturated rings. The fourth-order valence-electron chi connectivity index (χ4n) is 2.26. The van der Waals surface area contributed by atoms with E-state index in [9.17, 15) is 0 Å². The van der Waals surface area contributed by atoms with Gasteiger partial charge in [0.25, 0.3) is 0 Å². The normalized spacial score (nSPS) is 11.3.